The minimum Gasteiger partial charge on any atom is -0.395 e. The van der Waals surface area contributed by atoms with Crippen LogP contribution < -0.4 is 5.32 Å². The Morgan fingerprint density at radius 2 is 2.24 bits per heavy atom. The van der Waals surface area contributed by atoms with Crippen LogP contribution in [0.4, 0.5) is 10.1 Å². The number of benzene rings is 1. The summed E-state index contributed by atoms with van der Waals surface area (Å²) in [5, 5.41) is 11.4. The lowest BCUT2D eigenvalue weighted by Gasteiger charge is -2.25. The molecule has 2 N–H and O–H groups in total. The van der Waals surface area contributed by atoms with E-state index in [1.165, 1.54) is 25.3 Å². The first kappa shape index (κ1) is 17.2. The van der Waals surface area contributed by atoms with Gasteiger partial charge in [-0.15, -0.1) is 0 Å². The Balaban J connectivity index is 2.93. The molecule has 0 aliphatic carbocycles. The lowest BCUT2D eigenvalue weighted by atomic mass is 10.0. The standard InChI is InChI=1S/C16H20FNO3/c1-4-16(2,21-3)15(20)18-13-8-9-14(17)12(11-13)7-5-6-10-19/h8-9,11,19H,4,6,10H2,1-3H3,(H,18,20). The van der Waals surface area contributed by atoms with Crippen LogP contribution in [-0.4, -0.2) is 30.3 Å². The molecule has 1 aromatic rings. The molecule has 1 aromatic carbocycles. The van der Waals surface area contributed by atoms with Gasteiger partial charge < -0.3 is 15.2 Å². The first-order chi connectivity index (χ1) is 9.96. The van der Waals surface area contributed by atoms with Crippen molar-refractivity contribution in [3.63, 3.8) is 0 Å². The Bertz CT molecular complexity index is 556. The van der Waals surface area contributed by atoms with E-state index < -0.39 is 11.4 Å². The molecule has 0 saturated carbocycles. The maximum absolute atomic E-state index is 13.6. The molecular weight excluding hydrogens is 273 g/mol. The van der Waals surface area contributed by atoms with Gasteiger partial charge in [0.1, 0.15) is 11.4 Å². The van der Waals surface area contributed by atoms with Crippen LogP contribution in [-0.2, 0) is 9.53 Å². The molecule has 5 heteroatoms. The van der Waals surface area contributed by atoms with Gasteiger partial charge in [0, 0.05) is 19.2 Å². The van der Waals surface area contributed by atoms with Gasteiger partial charge in [0.15, 0.2) is 0 Å². The zero-order valence-corrected chi connectivity index (χ0v) is 12.5. The van der Waals surface area contributed by atoms with Crippen molar-refractivity contribution in [1.82, 2.24) is 0 Å². The number of rotatable bonds is 5. The minimum absolute atomic E-state index is 0.0757. The highest BCUT2D eigenvalue weighted by Gasteiger charge is 2.30. The summed E-state index contributed by atoms with van der Waals surface area (Å²) in [6, 6.07) is 4.17. The molecule has 0 fully saturated rings. The molecule has 0 aliphatic heterocycles. The van der Waals surface area contributed by atoms with Gasteiger partial charge >= 0.3 is 0 Å². The monoisotopic (exact) mass is 293 g/mol. The second-order valence-electron chi connectivity index (χ2n) is 4.71. The van der Waals surface area contributed by atoms with Gasteiger partial charge in [0.2, 0.25) is 0 Å². The van der Waals surface area contributed by atoms with Gasteiger partial charge in [-0.05, 0) is 31.5 Å². The number of aliphatic hydroxyl groups excluding tert-OH is 1. The first-order valence-corrected chi connectivity index (χ1v) is 6.72. The van der Waals surface area contributed by atoms with Gasteiger partial charge in [-0.3, -0.25) is 4.79 Å². The van der Waals surface area contributed by atoms with Crippen molar-refractivity contribution in [1.29, 1.82) is 0 Å². The molecule has 21 heavy (non-hydrogen) atoms. The van der Waals surface area contributed by atoms with Crippen molar-refractivity contribution in [2.75, 3.05) is 19.0 Å². The smallest absolute Gasteiger partial charge is 0.256 e. The number of ether oxygens (including phenoxy) is 1. The Morgan fingerprint density at radius 1 is 1.52 bits per heavy atom. The topological polar surface area (TPSA) is 58.6 Å². The summed E-state index contributed by atoms with van der Waals surface area (Å²) in [5.41, 5.74) is -0.305. The summed E-state index contributed by atoms with van der Waals surface area (Å²) < 4.78 is 18.8. The van der Waals surface area contributed by atoms with Crippen molar-refractivity contribution in [3.8, 4) is 11.8 Å². The number of nitrogens with one attached hydrogen (secondary N) is 1. The molecule has 0 aromatic heterocycles. The van der Waals surface area contributed by atoms with Gasteiger partial charge in [0.05, 0.1) is 12.2 Å². The molecule has 0 bridgehead atoms. The Hall–Kier alpha value is -1.90. The van der Waals surface area contributed by atoms with Crippen LogP contribution >= 0.6 is 0 Å². The van der Waals surface area contributed by atoms with E-state index in [9.17, 15) is 9.18 Å². The minimum atomic E-state index is -0.933. The highest BCUT2D eigenvalue weighted by molar-refractivity contribution is 5.97. The van der Waals surface area contributed by atoms with Crippen molar-refractivity contribution in [3.05, 3.63) is 29.6 Å². The maximum atomic E-state index is 13.6. The number of carbonyl (C=O) groups excluding carboxylic acids is 1. The number of hydrogen-bond donors (Lipinski definition) is 2. The van der Waals surface area contributed by atoms with Crippen LogP contribution in [0.15, 0.2) is 18.2 Å². The lowest BCUT2D eigenvalue weighted by molar-refractivity contribution is -0.136. The highest BCUT2D eigenvalue weighted by Crippen LogP contribution is 2.19. The quantitative estimate of drug-likeness (QED) is 0.819. The molecule has 1 amide bonds. The fourth-order valence-corrected chi connectivity index (χ4v) is 1.57. The van der Waals surface area contributed by atoms with Crippen molar-refractivity contribution in [2.45, 2.75) is 32.3 Å². The first-order valence-electron chi connectivity index (χ1n) is 6.72. The summed E-state index contributed by atoms with van der Waals surface area (Å²) in [6.45, 7) is 3.46. The molecular formula is C16H20FNO3. The summed E-state index contributed by atoms with van der Waals surface area (Å²) in [6.07, 6.45) is 0.785. The Morgan fingerprint density at radius 3 is 2.81 bits per heavy atom. The van der Waals surface area contributed by atoms with Gasteiger partial charge in [-0.25, -0.2) is 4.39 Å². The average molecular weight is 293 g/mol. The van der Waals surface area contributed by atoms with E-state index in [0.29, 0.717) is 12.1 Å². The molecule has 1 atom stereocenters. The molecule has 1 rings (SSSR count). The third kappa shape index (κ3) is 4.55. The summed E-state index contributed by atoms with van der Waals surface area (Å²) >= 11 is 0. The van der Waals surface area contributed by atoms with E-state index >= 15 is 0 Å². The second-order valence-corrected chi connectivity index (χ2v) is 4.71. The van der Waals surface area contributed by atoms with E-state index in [1.54, 1.807) is 6.92 Å². The molecule has 1 unspecified atom stereocenters. The molecule has 114 valence electrons. The van der Waals surface area contributed by atoms with Crippen LogP contribution in [0.3, 0.4) is 0 Å². The fourth-order valence-electron chi connectivity index (χ4n) is 1.57. The maximum Gasteiger partial charge on any atom is 0.256 e. The molecule has 0 radical (unpaired) electrons. The van der Waals surface area contributed by atoms with E-state index in [1.807, 2.05) is 6.92 Å². The van der Waals surface area contributed by atoms with Gasteiger partial charge in [-0.1, -0.05) is 18.8 Å². The summed E-state index contributed by atoms with van der Waals surface area (Å²) in [4.78, 5) is 12.2. The van der Waals surface area contributed by atoms with Crippen LogP contribution in [0, 0.1) is 17.7 Å². The van der Waals surface area contributed by atoms with Crippen molar-refractivity contribution >= 4 is 11.6 Å². The molecule has 0 heterocycles. The third-order valence-electron chi connectivity index (χ3n) is 3.29. The molecule has 4 nitrogen and oxygen atoms in total. The number of hydrogen-bond acceptors (Lipinski definition) is 3. The largest absolute Gasteiger partial charge is 0.395 e. The van der Waals surface area contributed by atoms with E-state index in [-0.39, 0.29) is 24.5 Å². The molecule has 0 aliphatic rings. The van der Waals surface area contributed by atoms with E-state index in [4.69, 9.17) is 9.84 Å². The number of carbonyl (C=O) groups is 1. The second kappa shape index (κ2) is 7.77. The van der Waals surface area contributed by atoms with Gasteiger partial charge in [-0.2, -0.15) is 0 Å². The van der Waals surface area contributed by atoms with E-state index in [0.717, 1.165) is 0 Å². The SMILES string of the molecule is CCC(C)(OC)C(=O)Nc1ccc(F)c(C#CCCO)c1. The Kier molecular flexibility index (Phi) is 6.35. The lowest BCUT2D eigenvalue weighted by Crippen LogP contribution is -2.41. The van der Waals surface area contributed by atoms with E-state index in [2.05, 4.69) is 17.2 Å². The number of anilines is 1. The van der Waals surface area contributed by atoms with Crippen LogP contribution in [0.1, 0.15) is 32.3 Å². The van der Waals surface area contributed by atoms with Crippen molar-refractivity contribution in [2.24, 2.45) is 0 Å². The predicted molar refractivity (Wildman–Crippen MR) is 79.3 cm³/mol. The normalized spacial score (nSPS) is 13.0. The molecule has 0 spiro atoms. The van der Waals surface area contributed by atoms with Crippen LogP contribution in [0.25, 0.3) is 0 Å². The fraction of sp³-hybridized carbons (Fsp3) is 0.438. The summed E-state index contributed by atoms with van der Waals surface area (Å²) in [5.74, 6) is 4.51. The van der Waals surface area contributed by atoms with Crippen LogP contribution in [0.2, 0.25) is 0 Å². The number of halogens is 1. The zero-order valence-electron chi connectivity index (χ0n) is 12.5. The average Bonchev–Trinajstić information content (AvgIpc) is 2.49. The predicted octanol–water partition coefficient (Wildman–Crippen LogP) is 2.31. The number of aliphatic hydroxyl groups is 1. The molecule has 0 saturated heterocycles. The Labute approximate surface area is 124 Å². The van der Waals surface area contributed by atoms with Crippen LogP contribution in [0.5, 0.6) is 0 Å². The highest BCUT2D eigenvalue weighted by atomic mass is 19.1. The number of methoxy groups -OCH3 is 1. The number of amides is 1. The van der Waals surface area contributed by atoms with Gasteiger partial charge in [0.25, 0.3) is 5.91 Å². The van der Waals surface area contributed by atoms with Crippen molar-refractivity contribution < 1.29 is 19.0 Å². The third-order valence-corrected chi connectivity index (χ3v) is 3.29. The summed E-state index contributed by atoms with van der Waals surface area (Å²) in [7, 11) is 1.47. The zero-order chi connectivity index (χ0) is 15.9.